The maximum Gasteiger partial charge on any atom is 0.249 e. The quantitative estimate of drug-likeness (QED) is 0.826. The Morgan fingerprint density at radius 2 is 1.96 bits per heavy atom. The molecule has 4 rings (SSSR count). The van der Waals surface area contributed by atoms with Crippen LogP contribution in [0.1, 0.15) is 66.4 Å². The third-order valence-electron chi connectivity index (χ3n) is 5.41. The SMILES string of the molecule is Cc1noc(C)c1CC(=O)N1CCCC1c1nc(C2CCOCC2)no1. The number of aromatic nitrogens is 3. The molecule has 1 unspecified atom stereocenters. The topological polar surface area (TPSA) is 94.5 Å². The van der Waals surface area contributed by atoms with Crippen molar-refractivity contribution in [1.29, 1.82) is 0 Å². The highest BCUT2D eigenvalue weighted by Crippen LogP contribution is 2.33. The summed E-state index contributed by atoms with van der Waals surface area (Å²) in [5.74, 6) is 2.33. The van der Waals surface area contributed by atoms with Crippen molar-refractivity contribution in [2.75, 3.05) is 19.8 Å². The van der Waals surface area contributed by atoms with Gasteiger partial charge in [0.1, 0.15) is 11.8 Å². The molecule has 8 nitrogen and oxygen atoms in total. The number of aryl methyl sites for hydroxylation is 2. The fourth-order valence-electron chi connectivity index (χ4n) is 3.83. The third kappa shape index (κ3) is 3.25. The number of hydrogen-bond donors (Lipinski definition) is 0. The average Bonchev–Trinajstić information content (AvgIpc) is 3.38. The summed E-state index contributed by atoms with van der Waals surface area (Å²) >= 11 is 0. The maximum atomic E-state index is 12.9. The van der Waals surface area contributed by atoms with Crippen LogP contribution in [0.25, 0.3) is 0 Å². The molecule has 0 spiro atoms. The van der Waals surface area contributed by atoms with Gasteiger partial charge in [-0.05, 0) is 39.5 Å². The standard InChI is InChI=1S/C18H24N4O4/c1-11-14(12(2)25-20-11)10-16(23)22-7-3-4-15(22)18-19-17(21-26-18)13-5-8-24-9-6-13/h13,15H,3-10H2,1-2H3. The van der Waals surface area contributed by atoms with Crippen LogP contribution in [0.4, 0.5) is 0 Å². The Morgan fingerprint density at radius 3 is 2.69 bits per heavy atom. The number of amides is 1. The average molecular weight is 360 g/mol. The molecule has 1 amide bonds. The van der Waals surface area contributed by atoms with E-state index in [0.717, 1.165) is 56.0 Å². The van der Waals surface area contributed by atoms with Crippen LogP contribution < -0.4 is 0 Å². The van der Waals surface area contributed by atoms with Crippen LogP contribution in [0.15, 0.2) is 9.05 Å². The second kappa shape index (κ2) is 7.19. The van der Waals surface area contributed by atoms with E-state index in [-0.39, 0.29) is 17.9 Å². The molecule has 4 heterocycles. The van der Waals surface area contributed by atoms with E-state index >= 15 is 0 Å². The highest BCUT2D eigenvalue weighted by molar-refractivity contribution is 5.79. The zero-order valence-corrected chi connectivity index (χ0v) is 15.2. The summed E-state index contributed by atoms with van der Waals surface area (Å²) in [6.07, 6.45) is 3.91. The van der Waals surface area contributed by atoms with Gasteiger partial charge in [0.25, 0.3) is 0 Å². The highest BCUT2D eigenvalue weighted by atomic mass is 16.5. The first-order valence-electron chi connectivity index (χ1n) is 9.26. The molecule has 0 N–H and O–H groups in total. The number of hydrogen-bond acceptors (Lipinski definition) is 7. The van der Waals surface area contributed by atoms with Crippen molar-refractivity contribution in [3.8, 4) is 0 Å². The van der Waals surface area contributed by atoms with Gasteiger partial charge in [-0.3, -0.25) is 4.79 Å². The summed E-state index contributed by atoms with van der Waals surface area (Å²) < 4.78 is 16.1. The van der Waals surface area contributed by atoms with Crippen LogP contribution in [0.5, 0.6) is 0 Å². The summed E-state index contributed by atoms with van der Waals surface area (Å²) in [6.45, 7) is 5.88. The van der Waals surface area contributed by atoms with E-state index in [1.165, 1.54) is 0 Å². The van der Waals surface area contributed by atoms with Crippen molar-refractivity contribution in [3.63, 3.8) is 0 Å². The van der Waals surface area contributed by atoms with E-state index in [9.17, 15) is 4.79 Å². The monoisotopic (exact) mass is 360 g/mol. The fraction of sp³-hybridized carbons (Fsp3) is 0.667. The van der Waals surface area contributed by atoms with Gasteiger partial charge in [-0.15, -0.1) is 0 Å². The van der Waals surface area contributed by atoms with Crippen LogP contribution in [0.2, 0.25) is 0 Å². The maximum absolute atomic E-state index is 12.9. The number of carbonyl (C=O) groups is 1. The lowest BCUT2D eigenvalue weighted by molar-refractivity contribution is -0.131. The molecule has 2 aromatic heterocycles. The van der Waals surface area contributed by atoms with Crippen LogP contribution >= 0.6 is 0 Å². The highest BCUT2D eigenvalue weighted by Gasteiger charge is 2.35. The van der Waals surface area contributed by atoms with Gasteiger partial charge in [0.2, 0.25) is 11.8 Å². The Balaban J connectivity index is 1.48. The predicted molar refractivity (Wildman–Crippen MR) is 90.5 cm³/mol. The summed E-state index contributed by atoms with van der Waals surface area (Å²) in [5.41, 5.74) is 1.64. The summed E-state index contributed by atoms with van der Waals surface area (Å²) in [6, 6.07) is -0.135. The molecule has 8 heteroatoms. The molecule has 2 saturated heterocycles. The molecule has 2 fully saturated rings. The van der Waals surface area contributed by atoms with Crippen LogP contribution in [-0.4, -0.2) is 45.9 Å². The Morgan fingerprint density at radius 1 is 1.15 bits per heavy atom. The van der Waals surface area contributed by atoms with Crippen molar-refractivity contribution in [1.82, 2.24) is 20.2 Å². The van der Waals surface area contributed by atoms with E-state index < -0.39 is 0 Å². The first-order chi connectivity index (χ1) is 12.6. The molecule has 1 atom stereocenters. The van der Waals surface area contributed by atoms with Gasteiger partial charge < -0.3 is 18.7 Å². The van der Waals surface area contributed by atoms with Gasteiger partial charge in [-0.25, -0.2) is 0 Å². The number of nitrogens with zero attached hydrogens (tertiary/aromatic N) is 4. The number of carbonyl (C=O) groups excluding carboxylic acids is 1. The molecular weight excluding hydrogens is 336 g/mol. The minimum atomic E-state index is -0.135. The first kappa shape index (κ1) is 17.2. The first-order valence-corrected chi connectivity index (χ1v) is 9.26. The van der Waals surface area contributed by atoms with Gasteiger partial charge in [0, 0.05) is 31.2 Å². The Labute approximate surface area is 151 Å². The van der Waals surface area contributed by atoms with Crippen molar-refractivity contribution in [2.24, 2.45) is 0 Å². The van der Waals surface area contributed by atoms with Crippen molar-refractivity contribution >= 4 is 5.91 Å². The Bertz CT molecular complexity index is 759. The van der Waals surface area contributed by atoms with E-state index in [4.69, 9.17) is 13.8 Å². The molecule has 0 saturated carbocycles. The van der Waals surface area contributed by atoms with Crippen LogP contribution in [-0.2, 0) is 16.0 Å². The number of likely N-dealkylation sites (tertiary alicyclic amines) is 1. The Hall–Kier alpha value is -2.22. The summed E-state index contributed by atoms with van der Waals surface area (Å²) in [4.78, 5) is 19.3. The summed E-state index contributed by atoms with van der Waals surface area (Å²) in [5, 5.41) is 8.11. The van der Waals surface area contributed by atoms with Crippen molar-refractivity contribution < 1.29 is 18.6 Å². The van der Waals surface area contributed by atoms with Crippen LogP contribution in [0, 0.1) is 13.8 Å². The number of rotatable bonds is 4. The van der Waals surface area contributed by atoms with E-state index in [1.807, 2.05) is 18.7 Å². The second-order valence-corrected chi connectivity index (χ2v) is 7.10. The lowest BCUT2D eigenvalue weighted by atomic mass is 10.00. The molecule has 26 heavy (non-hydrogen) atoms. The molecule has 2 aliphatic heterocycles. The molecule has 0 aliphatic carbocycles. The summed E-state index contributed by atoms with van der Waals surface area (Å²) in [7, 11) is 0. The van der Waals surface area contributed by atoms with Gasteiger partial charge in [-0.2, -0.15) is 4.98 Å². The lowest BCUT2D eigenvalue weighted by Crippen LogP contribution is -2.32. The molecule has 140 valence electrons. The second-order valence-electron chi connectivity index (χ2n) is 7.10. The van der Waals surface area contributed by atoms with Gasteiger partial charge in [0.05, 0.1) is 12.1 Å². The zero-order chi connectivity index (χ0) is 18.1. The van der Waals surface area contributed by atoms with Crippen molar-refractivity contribution in [2.45, 2.75) is 57.9 Å². The minimum Gasteiger partial charge on any atom is -0.381 e. The largest absolute Gasteiger partial charge is 0.381 e. The molecule has 2 aromatic rings. The zero-order valence-electron chi connectivity index (χ0n) is 15.2. The smallest absolute Gasteiger partial charge is 0.249 e. The van der Waals surface area contributed by atoms with E-state index in [1.54, 1.807) is 0 Å². The normalized spacial score (nSPS) is 21.5. The molecular formula is C18H24N4O4. The lowest BCUT2D eigenvalue weighted by Gasteiger charge is -2.22. The molecule has 0 bridgehead atoms. The number of ether oxygens (including phenoxy) is 1. The van der Waals surface area contributed by atoms with E-state index in [2.05, 4.69) is 15.3 Å². The Kier molecular flexibility index (Phi) is 4.76. The molecule has 0 aromatic carbocycles. The van der Waals surface area contributed by atoms with Gasteiger partial charge in [0.15, 0.2) is 5.82 Å². The predicted octanol–water partition coefficient (Wildman–Crippen LogP) is 2.47. The third-order valence-corrected chi connectivity index (χ3v) is 5.41. The molecule has 0 radical (unpaired) electrons. The minimum absolute atomic E-state index is 0.0488. The van der Waals surface area contributed by atoms with Crippen molar-refractivity contribution in [3.05, 3.63) is 28.7 Å². The van der Waals surface area contributed by atoms with Gasteiger partial charge >= 0.3 is 0 Å². The van der Waals surface area contributed by atoms with Crippen LogP contribution in [0.3, 0.4) is 0 Å². The fourth-order valence-corrected chi connectivity index (χ4v) is 3.83. The van der Waals surface area contributed by atoms with Gasteiger partial charge in [-0.1, -0.05) is 10.3 Å². The van der Waals surface area contributed by atoms with E-state index in [0.29, 0.717) is 24.6 Å². The molecule has 2 aliphatic rings.